The Morgan fingerprint density at radius 1 is 1.14 bits per heavy atom. The molecule has 1 heterocycles. The minimum Gasteiger partial charge on any atom is -0.451 e. The van der Waals surface area contributed by atoms with Gasteiger partial charge in [-0.25, -0.2) is 0 Å². The van der Waals surface area contributed by atoms with Gasteiger partial charge in [0, 0.05) is 16.6 Å². The van der Waals surface area contributed by atoms with Crippen LogP contribution in [0, 0.1) is 6.92 Å². The first-order valence-electron chi connectivity index (χ1n) is 6.54. The molecule has 104 valence electrons. The Morgan fingerprint density at radius 2 is 1.95 bits per heavy atom. The SMILES string of the molecule is Cc1c(C=O)cccc1NC(=O)c1cc2ccccc2o1. The van der Waals surface area contributed by atoms with Crippen LogP contribution in [0.3, 0.4) is 0 Å². The van der Waals surface area contributed by atoms with Crippen LogP contribution in [0.4, 0.5) is 5.69 Å². The lowest BCUT2D eigenvalue weighted by atomic mass is 10.1. The highest BCUT2D eigenvalue weighted by Gasteiger charge is 2.14. The maximum atomic E-state index is 12.2. The van der Waals surface area contributed by atoms with E-state index in [1.54, 1.807) is 31.2 Å². The minimum atomic E-state index is -0.336. The van der Waals surface area contributed by atoms with Crippen LogP contribution in [0.15, 0.2) is 52.9 Å². The van der Waals surface area contributed by atoms with Gasteiger partial charge in [-0.05, 0) is 30.7 Å². The molecule has 0 spiro atoms. The van der Waals surface area contributed by atoms with Crippen LogP contribution in [-0.4, -0.2) is 12.2 Å². The molecule has 0 fully saturated rings. The van der Waals surface area contributed by atoms with Crippen molar-refractivity contribution >= 4 is 28.8 Å². The Morgan fingerprint density at radius 3 is 2.71 bits per heavy atom. The third-order valence-corrected chi connectivity index (χ3v) is 3.40. The largest absolute Gasteiger partial charge is 0.451 e. The molecule has 0 bridgehead atoms. The molecule has 0 saturated carbocycles. The average Bonchev–Trinajstić information content (AvgIpc) is 2.93. The van der Waals surface area contributed by atoms with Gasteiger partial charge >= 0.3 is 0 Å². The first kappa shape index (κ1) is 13.1. The van der Waals surface area contributed by atoms with Gasteiger partial charge in [0.15, 0.2) is 5.76 Å². The van der Waals surface area contributed by atoms with Gasteiger partial charge in [-0.15, -0.1) is 0 Å². The molecule has 0 aliphatic rings. The van der Waals surface area contributed by atoms with Crippen molar-refractivity contribution in [3.8, 4) is 0 Å². The lowest BCUT2D eigenvalue weighted by molar-refractivity contribution is 0.0998. The smallest absolute Gasteiger partial charge is 0.291 e. The second-order valence-corrected chi connectivity index (χ2v) is 4.74. The van der Waals surface area contributed by atoms with E-state index in [-0.39, 0.29) is 11.7 Å². The van der Waals surface area contributed by atoms with Crippen molar-refractivity contribution in [2.75, 3.05) is 5.32 Å². The Kier molecular flexibility index (Phi) is 3.28. The molecular formula is C17H13NO3. The number of hydrogen-bond acceptors (Lipinski definition) is 3. The fraction of sp³-hybridized carbons (Fsp3) is 0.0588. The summed E-state index contributed by atoms with van der Waals surface area (Å²) >= 11 is 0. The summed E-state index contributed by atoms with van der Waals surface area (Å²) in [4.78, 5) is 23.2. The lowest BCUT2D eigenvalue weighted by Gasteiger charge is -2.08. The highest BCUT2D eigenvalue weighted by atomic mass is 16.3. The number of aldehydes is 1. The number of carbonyl (C=O) groups is 2. The van der Waals surface area contributed by atoms with Crippen molar-refractivity contribution in [3.63, 3.8) is 0 Å². The van der Waals surface area contributed by atoms with E-state index >= 15 is 0 Å². The summed E-state index contributed by atoms with van der Waals surface area (Å²) in [5.41, 5.74) is 2.56. The summed E-state index contributed by atoms with van der Waals surface area (Å²) in [5, 5.41) is 3.65. The van der Waals surface area contributed by atoms with Crippen molar-refractivity contribution in [2.45, 2.75) is 6.92 Å². The monoisotopic (exact) mass is 279 g/mol. The molecule has 0 atom stereocenters. The van der Waals surface area contributed by atoms with Crippen molar-refractivity contribution in [3.05, 3.63) is 65.4 Å². The zero-order valence-corrected chi connectivity index (χ0v) is 11.4. The van der Waals surface area contributed by atoms with Gasteiger partial charge in [-0.2, -0.15) is 0 Å². The summed E-state index contributed by atoms with van der Waals surface area (Å²) in [7, 11) is 0. The summed E-state index contributed by atoms with van der Waals surface area (Å²) in [6.45, 7) is 1.79. The molecule has 4 heteroatoms. The first-order chi connectivity index (χ1) is 10.2. The second-order valence-electron chi connectivity index (χ2n) is 4.74. The number of furan rings is 1. The van der Waals surface area contributed by atoms with Crippen LogP contribution in [0.2, 0.25) is 0 Å². The van der Waals surface area contributed by atoms with Crippen LogP contribution < -0.4 is 5.32 Å². The van der Waals surface area contributed by atoms with Gasteiger partial charge in [0.2, 0.25) is 0 Å². The third-order valence-electron chi connectivity index (χ3n) is 3.40. The topological polar surface area (TPSA) is 59.3 Å². The van der Waals surface area contributed by atoms with Gasteiger partial charge in [-0.3, -0.25) is 9.59 Å². The van der Waals surface area contributed by atoms with E-state index in [0.29, 0.717) is 16.8 Å². The normalized spacial score (nSPS) is 10.5. The predicted octanol–water partition coefficient (Wildman–Crippen LogP) is 3.81. The van der Waals surface area contributed by atoms with Gasteiger partial charge in [0.1, 0.15) is 11.9 Å². The molecule has 3 aromatic rings. The molecule has 0 aliphatic heterocycles. The molecule has 1 N–H and O–H groups in total. The van der Waals surface area contributed by atoms with E-state index in [4.69, 9.17) is 4.42 Å². The summed E-state index contributed by atoms with van der Waals surface area (Å²) in [5.74, 6) is -0.0931. The number of benzene rings is 2. The Labute approximate surface area is 121 Å². The van der Waals surface area contributed by atoms with E-state index in [2.05, 4.69) is 5.32 Å². The first-order valence-corrected chi connectivity index (χ1v) is 6.54. The molecular weight excluding hydrogens is 266 g/mol. The van der Waals surface area contributed by atoms with E-state index in [1.165, 1.54) is 0 Å². The zero-order valence-electron chi connectivity index (χ0n) is 11.4. The van der Waals surface area contributed by atoms with E-state index in [1.807, 2.05) is 24.3 Å². The molecule has 1 amide bonds. The van der Waals surface area contributed by atoms with Crippen LogP contribution in [-0.2, 0) is 0 Å². The fourth-order valence-electron chi connectivity index (χ4n) is 2.19. The molecule has 2 aromatic carbocycles. The summed E-state index contributed by atoms with van der Waals surface area (Å²) in [6, 6.07) is 14.3. The minimum absolute atomic E-state index is 0.243. The quantitative estimate of drug-likeness (QED) is 0.742. The number of anilines is 1. The molecule has 3 rings (SSSR count). The van der Waals surface area contributed by atoms with Gasteiger partial charge in [0.25, 0.3) is 5.91 Å². The number of fused-ring (bicyclic) bond motifs is 1. The van der Waals surface area contributed by atoms with Gasteiger partial charge < -0.3 is 9.73 Å². The highest BCUT2D eigenvalue weighted by Crippen LogP contribution is 2.22. The molecule has 0 unspecified atom stereocenters. The Balaban J connectivity index is 1.91. The maximum absolute atomic E-state index is 12.2. The molecule has 0 radical (unpaired) electrons. The van der Waals surface area contributed by atoms with Gasteiger partial charge in [-0.1, -0.05) is 30.3 Å². The van der Waals surface area contributed by atoms with Crippen molar-refractivity contribution in [1.82, 2.24) is 0 Å². The number of hydrogen-bond donors (Lipinski definition) is 1. The van der Waals surface area contributed by atoms with E-state index in [9.17, 15) is 9.59 Å². The number of carbonyl (C=O) groups excluding carboxylic acids is 2. The molecule has 4 nitrogen and oxygen atoms in total. The van der Waals surface area contributed by atoms with Crippen LogP contribution in [0.1, 0.15) is 26.5 Å². The summed E-state index contributed by atoms with van der Waals surface area (Å²) in [6.07, 6.45) is 0.770. The van der Waals surface area contributed by atoms with Crippen molar-refractivity contribution in [1.29, 1.82) is 0 Å². The molecule has 0 saturated heterocycles. The van der Waals surface area contributed by atoms with Crippen LogP contribution >= 0.6 is 0 Å². The van der Waals surface area contributed by atoms with Crippen LogP contribution in [0.5, 0.6) is 0 Å². The second kappa shape index (κ2) is 5.25. The summed E-state index contributed by atoms with van der Waals surface area (Å²) < 4.78 is 5.52. The average molecular weight is 279 g/mol. The van der Waals surface area contributed by atoms with Crippen LogP contribution in [0.25, 0.3) is 11.0 Å². The molecule has 21 heavy (non-hydrogen) atoms. The van der Waals surface area contributed by atoms with Crippen molar-refractivity contribution < 1.29 is 14.0 Å². The highest BCUT2D eigenvalue weighted by molar-refractivity contribution is 6.05. The number of para-hydroxylation sites is 1. The number of nitrogens with one attached hydrogen (secondary N) is 1. The standard InChI is InChI=1S/C17H13NO3/c1-11-13(10-19)6-4-7-14(11)18-17(20)16-9-12-5-2-3-8-15(12)21-16/h2-10H,1H3,(H,18,20). The Bertz CT molecular complexity index is 800. The predicted molar refractivity (Wildman–Crippen MR) is 80.7 cm³/mol. The van der Waals surface area contributed by atoms with E-state index in [0.717, 1.165) is 17.2 Å². The van der Waals surface area contributed by atoms with Gasteiger partial charge in [0.05, 0.1) is 0 Å². The fourth-order valence-corrected chi connectivity index (χ4v) is 2.19. The molecule has 0 aliphatic carbocycles. The van der Waals surface area contributed by atoms with Crippen molar-refractivity contribution in [2.24, 2.45) is 0 Å². The number of rotatable bonds is 3. The Hall–Kier alpha value is -2.88. The zero-order chi connectivity index (χ0) is 14.8. The molecule has 1 aromatic heterocycles. The lowest BCUT2D eigenvalue weighted by Crippen LogP contribution is -2.12. The van der Waals surface area contributed by atoms with E-state index < -0.39 is 0 Å². The number of amides is 1. The maximum Gasteiger partial charge on any atom is 0.291 e. The third kappa shape index (κ3) is 2.43.